The van der Waals surface area contributed by atoms with Crippen molar-refractivity contribution in [1.29, 1.82) is 0 Å². The number of ketones is 1. The minimum atomic E-state index is -1.04. The molecule has 0 aliphatic heterocycles. The van der Waals surface area contributed by atoms with Gasteiger partial charge in [0.1, 0.15) is 0 Å². The van der Waals surface area contributed by atoms with Crippen molar-refractivity contribution in [2.24, 2.45) is 0 Å². The predicted octanol–water partition coefficient (Wildman–Crippen LogP) is 3.15. The molecule has 108 valence electrons. The lowest BCUT2D eigenvalue weighted by atomic mass is 9.98. The van der Waals surface area contributed by atoms with E-state index < -0.39 is 11.6 Å². The summed E-state index contributed by atoms with van der Waals surface area (Å²) in [6, 6.07) is 6.50. The number of hydrogen-bond donors (Lipinski definition) is 0. The number of pyridine rings is 1. The van der Waals surface area contributed by atoms with Crippen LogP contribution in [0.15, 0.2) is 48.9 Å². The van der Waals surface area contributed by atoms with Gasteiger partial charge in [-0.2, -0.15) is 0 Å². The number of aromatic nitrogens is 1. The zero-order chi connectivity index (χ0) is 15.4. The first-order chi connectivity index (χ1) is 9.99. The van der Waals surface area contributed by atoms with Crippen molar-refractivity contribution in [2.45, 2.75) is 0 Å². The number of halogens is 2. The third kappa shape index (κ3) is 3.51. The summed E-state index contributed by atoms with van der Waals surface area (Å²) in [4.78, 5) is 18.2. The second-order valence-electron chi connectivity index (χ2n) is 4.70. The highest BCUT2D eigenvalue weighted by Crippen LogP contribution is 2.21. The van der Waals surface area contributed by atoms with E-state index in [1.54, 1.807) is 49.7 Å². The Kier molecular flexibility index (Phi) is 4.42. The minimum Gasteiger partial charge on any atom is -0.383 e. The van der Waals surface area contributed by atoms with Gasteiger partial charge in [0.15, 0.2) is 17.4 Å². The second-order valence-corrected chi connectivity index (χ2v) is 4.70. The van der Waals surface area contributed by atoms with Crippen LogP contribution in [0.25, 0.3) is 5.57 Å². The van der Waals surface area contributed by atoms with E-state index in [1.165, 1.54) is 6.07 Å². The van der Waals surface area contributed by atoms with E-state index in [-0.39, 0.29) is 11.3 Å². The Morgan fingerprint density at radius 2 is 1.71 bits per heavy atom. The number of nitrogens with zero attached hydrogens (tertiary/aromatic N) is 2. The van der Waals surface area contributed by atoms with Crippen molar-refractivity contribution >= 4 is 11.4 Å². The van der Waals surface area contributed by atoms with Crippen molar-refractivity contribution in [1.82, 2.24) is 9.88 Å². The fourth-order valence-electron chi connectivity index (χ4n) is 1.85. The van der Waals surface area contributed by atoms with Crippen molar-refractivity contribution in [3.8, 4) is 0 Å². The maximum Gasteiger partial charge on any atom is 0.195 e. The summed E-state index contributed by atoms with van der Waals surface area (Å²) in [6.45, 7) is 0. The van der Waals surface area contributed by atoms with Crippen molar-refractivity contribution in [3.05, 3.63) is 71.7 Å². The highest BCUT2D eigenvalue weighted by atomic mass is 19.2. The van der Waals surface area contributed by atoms with Gasteiger partial charge in [-0.15, -0.1) is 0 Å². The van der Waals surface area contributed by atoms with Gasteiger partial charge >= 0.3 is 0 Å². The van der Waals surface area contributed by atoms with Crippen LogP contribution < -0.4 is 0 Å². The Morgan fingerprint density at radius 3 is 2.29 bits per heavy atom. The number of carbonyl (C=O) groups excluding carboxylic acids is 1. The highest BCUT2D eigenvalue weighted by molar-refractivity contribution is 6.28. The van der Waals surface area contributed by atoms with Gasteiger partial charge in [-0.05, 0) is 35.9 Å². The van der Waals surface area contributed by atoms with Crippen LogP contribution in [0.1, 0.15) is 15.9 Å². The zero-order valence-corrected chi connectivity index (χ0v) is 11.7. The number of benzene rings is 1. The zero-order valence-electron chi connectivity index (χ0n) is 11.7. The average Bonchev–Trinajstić information content (AvgIpc) is 2.47. The van der Waals surface area contributed by atoms with Crippen LogP contribution in [0.5, 0.6) is 0 Å². The standard InChI is InChI=1S/C16H14F2N2O/c1-20(2)10-13(11-5-7-19-8-6-11)16(21)12-3-4-14(17)15(18)9-12/h3-10H,1-2H3/b13-10+. The molecule has 0 saturated carbocycles. The molecule has 0 unspecified atom stereocenters. The van der Waals surface area contributed by atoms with Gasteiger partial charge in [0.2, 0.25) is 0 Å². The van der Waals surface area contributed by atoms with E-state index in [0.29, 0.717) is 11.1 Å². The van der Waals surface area contributed by atoms with Gasteiger partial charge in [-0.3, -0.25) is 9.78 Å². The summed E-state index contributed by atoms with van der Waals surface area (Å²) in [5, 5.41) is 0. The first kappa shape index (κ1) is 14.8. The lowest BCUT2D eigenvalue weighted by molar-refractivity contribution is 0.105. The molecule has 2 rings (SSSR count). The fourth-order valence-corrected chi connectivity index (χ4v) is 1.85. The van der Waals surface area contributed by atoms with E-state index in [4.69, 9.17) is 0 Å². The Morgan fingerprint density at radius 1 is 1.05 bits per heavy atom. The molecule has 1 heterocycles. The van der Waals surface area contributed by atoms with Gasteiger partial charge < -0.3 is 4.90 Å². The molecule has 0 saturated heterocycles. The lowest BCUT2D eigenvalue weighted by Crippen LogP contribution is -2.10. The van der Waals surface area contributed by atoms with Gasteiger partial charge in [-0.1, -0.05) is 0 Å². The van der Waals surface area contributed by atoms with E-state index in [9.17, 15) is 13.6 Å². The third-order valence-electron chi connectivity index (χ3n) is 2.81. The van der Waals surface area contributed by atoms with Gasteiger partial charge in [0.05, 0.1) is 0 Å². The molecular weight excluding hydrogens is 274 g/mol. The number of allylic oxidation sites excluding steroid dienone is 1. The van der Waals surface area contributed by atoms with Crippen LogP contribution >= 0.6 is 0 Å². The van der Waals surface area contributed by atoms with E-state index in [2.05, 4.69) is 4.98 Å². The summed E-state index contributed by atoms with van der Waals surface area (Å²) in [5.74, 6) is -2.40. The predicted molar refractivity (Wildman–Crippen MR) is 76.6 cm³/mol. The Labute approximate surface area is 121 Å². The van der Waals surface area contributed by atoms with Crippen LogP contribution in [0.2, 0.25) is 0 Å². The Bertz CT molecular complexity index is 682. The molecule has 0 radical (unpaired) electrons. The van der Waals surface area contributed by atoms with Crippen LogP contribution in [0.3, 0.4) is 0 Å². The van der Waals surface area contributed by atoms with Crippen molar-refractivity contribution in [3.63, 3.8) is 0 Å². The molecule has 0 spiro atoms. The first-order valence-corrected chi connectivity index (χ1v) is 6.27. The molecule has 0 bridgehead atoms. The Balaban J connectivity index is 2.47. The molecule has 0 aliphatic carbocycles. The normalized spacial score (nSPS) is 11.3. The van der Waals surface area contributed by atoms with Crippen LogP contribution in [-0.2, 0) is 0 Å². The molecule has 1 aromatic carbocycles. The quantitative estimate of drug-likeness (QED) is 0.640. The van der Waals surface area contributed by atoms with Crippen LogP contribution in [0, 0.1) is 11.6 Å². The Hall–Kier alpha value is -2.56. The number of rotatable bonds is 4. The number of hydrogen-bond acceptors (Lipinski definition) is 3. The number of carbonyl (C=O) groups is 1. The maximum absolute atomic E-state index is 13.3. The molecule has 0 atom stereocenters. The molecule has 3 nitrogen and oxygen atoms in total. The number of Topliss-reactive ketones (excluding diaryl/α,β-unsaturated/α-hetero) is 1. The summed E-state index contributed by atoms with van der Waals surface area (Å²) in [6.07, 6.45) is 4.77. The van der Waals surface area contributed by atoms with Crippen LogP contribution in [0.4, 0.5) is 8.78 Å². The molecule has 0 fully saturated rings. The molecule has 21 heavy (non-hydrogen) atoms. The summed E-state index contributed by atoms with van der Waals surface area (Å²) >= 11 is 0. The molecule has 5 heteroatoms. The summed E-state index contributed by atoms with van der Waals surface area (Å²) in [7, 11) is 3.55. The van der Waals surface area contributed by atoms with Gasteiger partial charge in [-0.25, -0.2) is 8.78 Å². The van der Waals surface area contributed by atoms with Crippen molar-refractivity contribution < 1.29 is 13.6 Å². The second kappa shape index (κ2) is 6.26. The first-order valence-electron chi connectivity index (χ1n) is 6.27. The minimum absolute atomic E-state index is 0.0961. The smallest absolute Gasteiger partial charge is 0.195 e. The monoisotopic (exact) mass is 288 g/mol. The van der Waals surface area contributed by atoms with Crippen molar-refractivity contribution in [2.75, 3.05) is 14.1 Å². The van der Waals surface area contributed by atoms with Crippen LogP contribution in [-0.4, -0.2) is 29.8 Å². The molecule has 0 aliphatic rings. The van der Waals surface area contributed by atoms with E-state index in [1.807, 2.05) is 0 Å². The van der Waals surface area contributed by atoms with E-state index >= 15 is 0 Å². The largest absolute Gasteiger partial charge is 0.383 e. The lowest BCUT2D eigenvalue weighted by Gasteiger charge is -2.12. The molecular formula is C16H14F2N2O. The van der Waals surface area contributed by atoms with Gasteiger partial charge in [0.25, 0.3) is 0 Å². The van der Waals surface area contributed by atoms with Gasteiger partial charge in [0, 0.05) is 43.8 Å². The molecule has 1 aromatic heterocycles. The average molecular weight is 288 g/mol. The summed E-state index contributed by atoms with van der Waals surface area (Å²) < 4.78 is 26.3. The third-order valence-corrected chi connectivity index (χ3v) is 2.81. The molecule has 2 aromatic rings. The highest BCUT2D eigenvalue weighted by Gasteiger charge is 2.16. The molecule has 0 N–H and O–H groups in total. The fraction of sp³-hybridized carbons (Fsp3) is 0.125. The maximum atomic E-state index is 13.3. The SMILES string of the molecule is CN(C)/C=C(/C(=O)c1ccc(F)c(F)c1)c1ccncc1. The van der Waals surface area contributed by atoms with E-state index in [0.717, 1.165) is 12.1 Å². The summed E-state index contributed by atoms with van der Waals surface area (Å²) in [5.41, 5.74) is 1.14. The molecule has 0 amide bonds. The topological polar surface area (TPSA) is 33.2 Å².